The third kappa shape index (κ3) is 4.55. The maximum atomic E-state index is 10.7. The molecule has 27 heavy (non-hydrogen) atoms. The Hall–Kier alpha value is -1.79. The van der Waals surface area contributed by atoms with Crippen molar-refractivity contribution in [2.45, 2.75) is 31.5 Å². The number of likely N-dealkylation sites (N-methyl/N-ethyl adjacent to an activating group) is 1. The zero-order valence-corrected chi connectivity index (χ0v) is 16.6. The van der Waals surface area contributed by atoms with E-state index in [2.05, 4.69) is 58.2 Å². The minimum Gasteiger partial charge on any atom is -0.390 e. The number of aromatic nitrogens is 1. The van der Waals surface area contributed by atoms with Crippen LogP contribution in [-0.2, 0) is 13.0 Å². The second-order valence-corrected chi connectivity index (χ2v) is 8.63. The van der Waals surface area contributed by atoms with Crippen LogP contribution < -0.4 is 0 Å². The molecule has 0 amide bonds. The average molecular weight is 382 g/mol. The molecule has 1 fully saturated rings. The monoisotopic (exact) mass is 381 g/mol. The van der Waals surface area contributed by atoms with E-state index in [1.54, 1.807) is 0 Å². The van der Waals surface area contributed by atoms with Crippen LogP contribution in [0.5, 0.6) is 0 Å². The number of hydrogen-bond acceptors (Lipinski definition) is 5. The SMILES string of the molecule is CN(CCc1ccccn1)[C@@H]1CCN(Cc2cc3ccccc3s2)C[C@H]1O. The summed E-state index contributed by atoms with van der Waals surface area (Å²) in [6.07, 6.45) is 3.47. The molecule has 142 valence electrons. The van der Waals surface area contributed by atoms with Crippen LogP contribution in [0, 0.1) is 0 Å². The second-order valence-electron chi connectivity index (χ2n) is 7.46. The average Bonchev–Trinajstić information content (AvgIpc) is 3.09. The molecule has 0 spiro atoms. The van der Waals surface area contributed by atoms with Crippen LogP contribution in [-0.4, -0.2) is 58.7 Å². The smallest absolute Gasteiger partial charge is 0.0822 e. The molecule has 1 saturated heterocycles. The number of nitrogens with zero attached hydrogens (tertiary/aromatic N) is 3. The molecule has 2 atom stereocenters. The lowest BCUT2D eigenvalue weighted by Gasteiger charge is -2.40. The number of aliphatic hydroxyl groups is 1. The number of likely N-dealkylation sites (tertiary alicyclic amines) is 1. The van der Waals surface area contributed by atoms with E-state index in [1.165, 1.54) is 15.0 Å². The highest BCUT2D eigenvalue weighted by molar-refractivity contribution is 7.19. The lowest BCUT2D eigenvalue weighted by molar-refractivity contribution is -0.00590. The largest absolute Gasteiger partial charge is 0.390 e. The highest BCUT2D eigenvalue weighted by atomic mass is 32.1. The molecule has 0 saturated carbocycles. The molecule has 2 aromatic heterocycles. The summed E-state index contributed by atoms with van der Waals surface area (Å²) in [5.41, 5.74) is 1.11. The molecule has 5 heteroatoms. The Morgan fingerprint density at radius 1 is 1.22 bits per heavy atom. The van der Waals surface area contributed by atoms with E-state index >= 15 is 0 Å². The van der Waals surface area contributed by atoms with Crippen molar-refractivity contribution in [3.05, 3.63) is 65.3 Å². The zero-order valence-electron chi connectivity index (χ0n) is 15.8. The number of hydrogen-bond donors (Lipinski definition) is 1. The summed E-state index contributed by atoms with van der Waals surface area (Å²) in [4.78, 5) is 10.5. The van der Waals surface area contributed by atoms with Crippen LogP contribution in [0.2, 0.25) is 0 Å². The summed E-state index contributed by atoms with van der Waals surface area (Å²) in [7, 11) is 2.12. The molecule has 0 radical (unpaired) electrons. The lowest BCUT2D eigenvalue weighted by atomic mass is 10.00. The van der Waals surface area contributed by atoms with Crippen molar-refractivity contribution in [2.24, 2.45) is 0 Å². The number of pyridine rings is 1. The molecule has 1 N–H and O–H groups in total. The summed E-state index contributed by atoms with van der Waals surface area (Å²) >= 11 is 1.86. The van der Waals surface area contributed by atoms with Gasteiger partial charge in [0.1, 0.15) is 0 Å². The van der Waals surface area contributed by atoms with Gasteiger partial charge in [-0.2, -0.15) is 0 Å². The predicted octanol–water partition coefficient (Wildman–Crippen LogP) is 3.41. The Labute approximate surface area is 165 Å². The van der Waals surface area contributed by atoms with Crippen LogP contribution >= 0.6 is 11.3 Å². The first kappa shape index (κ1) is 18.6. The first-order valence-electron chi connectivity index (χ1n) is 9.67. The third-order valence-electron chi connectivity index (χ3n) is 5.50. The van der Waals surface area contributed by atoms with E-state index in [0.29, 0.717) is 0 Å². The fourth-order valence-corrected chi connectivity index (χ4v) is 5.09. The summed E-state index contributed by atoms with van der Waals surface area (Å²) in [6.45, 7) is 3.63. The van der Waals surface area contributed by atoms with E-state index in [1.807, 2.05) is 29.7 Å². The van der Waals surface area contributed by atoms with E-state index < -0.39 is 0 Å². The van der Waals surface area contributed by atoms with E-state index in [0.717, 1.165) is 44.7 Å². The van der Waals surface area contributed by atoms with E-state index in [9.17, 15) is 5.11 Å². The molecule has 1 aliphatic rings. The Balaban J connectivity index is 1.30. The zero-order chi connectivity index (χ0) is 18.6. The molecular weight excluding hydrogens is 354 g/mol. The number of rotatable bonds is 6. The maximum Gasteiger partial charge on any atom is 0.0822 e. The molecule has 0 bridgehead atoms. The number of thiophene rings is 1. The van der Waals surface area contributed by atoms with Crippen molar-refractivity contribution >= 4 is 21.4 Å². The normalized spacial score (nSPS) is 21.1. The number of benzene rings is 1. The summed E-state index contributed by atoms with van der Waals surface area (Å²) in [5, 5.41) is 12.1. The summed E-state index contributed by atoms with van der Waals surface area (Å²) in [5.74, 6) is 0. The number of β-amino-alcohol motifs (C(OH)–C–C–N with tert-alkyl or cyclic N) is 1. The number of aliphatic hydroxyl groups excluding tert-OH is 1. The summed E-state index contributed by atoms with van der Waals surface area (Å²) in [6, 6.07) is 17.1. The predicted molar refractivity (Wildman–Crippen MR) is 112 cm³/mol. The van der Waals surface area contributed by atoms with Gasteiger partial charge in [0.2, 0.25) is 0 Å². The highest BCUT2D eigenvalue weighted by Crippen LogP contribution is 2.27. The van der Waals surface area contributed by atoms with E-state index in [-0.39, 0.29) is 12.1 Å². The van der Waals surface area contributed by atoms with Gasteiger partial charge in [0, 0.05) is 60.1 Å². The Morgan fingerprint density at radius 3 is 2.85 bits per heavy atom. The van der Waals surface area contributed by atoms with Gasteiger partial charge in [-0.1, -0.05) is 24.3 Å². The van der Waals surface area contributed by atoms with Gasteiger partial charge >= 0.3 is 0 Å². The molecule has 0 unspecified atom stereocenters. The molecular formula is C22H27N3OS. The number of piperidine rings is 1. The van der Waals surface area contributed by atoms with Gasteiger partial charge in [0.15, 0.2) is 0 Å². The molecule has 1 aliphatic heterocycles. The third-order valence-corrected chi connectivity index (χ3v) is 6.60. The number of fused-ring (bicyclic) bond motifs is 1. The van der Waals surface area contributed by atoms with Gasteiger partial charge in [-0.25, -0.2) is 0 Å². The van der Waals surface area contributed by atoms with Crippen LogP contribution in [0.3, 0.4) is 0 Å². The first-order valence-corrected chi connectivity index (χ1v) is 10.5. The summed E-state index contributed by atoms with van der Waals surface area (Å²) < 4.78 is 1.34. The first-order chi connectivity index (χ1) is 13.2. The van der Waals surface area contributed by atoms with Gasteiger partial charge in [0.25, 0.3) is 0 Å². The quantitative estimate of drug-likeness (QED) is 0.710. The molecule has 1 aromatic carbocycles. The van der Waals surface area contributed by atoms with Crippen molar-refractivity contribution in [1.29, 1.82) is 0 Å². The fraction of sp³-hybridized carbons (Fsp3) is 0.409. The Kier molecular flexibility index (Phi) is 5.83. The van der Waals surface area contributed by atoms with Gasteiger partial charge in [-0.15, -0.1) is 11.3 Å². The van der Waals surface area contributed by atoms with Crippen molar-refractivity contribution in [2.75, 3.05) is 26.7 Å². The Bertz CT molecular complexity index is 833. The minimum atomic E-state index is -0.304. The van der Waals surface area contributed by atoms with Gasteiger partial charge in [-0.05, 0) is 43.1 Å². The van der Waals surface area contributed by atoms with Crippen molar-refractivity contribution < 1.29 is 5.11 Å². The minimum absolute atomic E-state index is 0.229. The van der Waals surface area contributed by atoms with Crippen LogP contribution in [0.25, 0.3) is 10.1 Å². The Morgan fingerprint density at radius 2 is 2.07 bits per heavy atom. The van der Waals surface area contributed by atoms with Crippen molar-refractivity contribution in [1.82, 2.24) is 14.8 Å². The second kappa shape index (κ2) is 8.48. The molecule has 4 nitrogen and oxygen atoms in total. The topological polar surface area (TPSA) is 39.6 Å². The van der Waals surface area contributed by atoms with Crippen molar-refractivity contribution in [3.63, 3.8) is 0 Å². The fourth-order valence-electron chi connectivity index (χ4n) is 3.98. The van der Waals surface area contributed by atoms with Crippen LogP contribution in [0.1, 0.15) is 17.0 Å². The van der Waals surface area contributed by atoms with E-state index in [4.69, 9.17) is 0 Å². The molecule has 4 rings (SSSR count). The molecule has 0 aliphatic carbocycles. The van der Waals surface area contributed by atoms with Crippen LogP contribution in [0.4, 0.5) is 0 Å². The maximum absolute atomic E-state index is 10.7. The van der Waals surface area contributed by atoms with Crippen LogP contribution in [0.15, 0.2) is 54.7 Å². The molecule has 3 aromatic rings. The van der Waals surface area contributed by atoms with Gasteiger partial charge in [-0.3, -0.25) is 9.88 Å². The highest BCUT2D eigenvalue weighted by Gasteiger charge is 2.30. The lowest BCUT2D eigenvalue weighted by Crippen LogP contribution is -2.53. The molecule has 3 heterocycles. The van der Waals surface area contributed by atoms with Gasteiger partial charge in [0.05, 0.1) is 6.10 Å². The van der Waals surface area contributed by atoms with Gasteiger partial charge < -0.3 is 10.0 Å². The standard InChI is InChI=1S/C22H27N3OS/c1-24(12-9-18-7-4-5-11-23-18)20-10-13-25(16-21(20)26)15-19-14-17-6-2-3-8-22(17)27-19/h2-8,11,14,20-21,26H,9-10,12-13,15-16H2,1H3/t20-,21-/m1/s1. The van der Waals surface area contributed by atoms with Crippen molar-refractivity contribution in [3.8, 4) is 0 Å².